The third kappa shape index (κ3) is 5.21. The van der Waals surface area contributed by atoms with Crippen molar-refractivity contribution in [1.82, 2.24) is 10.6 Å². The van der Waals surface area contributed by atoms with Crippen LogP contribution in [0.3, 0.4) is 0 Å². The zero-order chi connectivity index (χ0) is 18.0. The molecule has 0 saturated heterocycles. The quantitative estimate of drug-likeness (QED) is 0.816. The minimum absolute atomic E-state index is 0.289. The van der Waals surface area contributed by atoms with Crippen molar-refractivity contribution in [3.63, 3.8) is 0 Å². The molecule has 2 aliphatic carbocycles. The number of nitrogens with one attached hydrogen (secondary N) is 2. The van der Waals surface area contributed by atoms with Crippen LogP contribution < -0.4 is 10.6 Å². The van der Waals surface area contributed by atoms with Crippen molar-refractivity contribution < 1.29 is 9.53 Å². The van der Waals surface area contributed by atoms with Gasteiger partial charge >= 0.3 is 6.09 Å². The molecule has 0 radical (unpaired) electrons. The molecule has 2 atom stereocenters. The molecule has 2 unspecified atom stereocenters. The third-order valence-corrected chi connectivity index (χ3v) is 5.14. The molecular formula is C21H32N2O2. The summed E-state index contributed by atoms with van der Waals surface area (Å²) in [5.74, 6) is 0.659. The van der Waals surface area contributed by atoms with Crippen LogP contribution in [0.4, 0.5) is 4.79 Å². The molecule has 3 rings (SSSR count). The highest BCUT2D eigenvalue weighted by Crippen LogP contribution is 2.34. The lowest BCUT2D eigenvalue weighted by Gasteiger charge is -2.25. The van der Waals surface area contributed by atoms with Crippen LogP contribution in [0.2, 0.25) is 0 Å². The van der Waals surface area contributed by atoms with Gasteiger partial charge in [-0.25, -0.2) is 4.79 Å². The van der Waals surface area contributed by atoms with E-state index in [1.807, 2.05) is 20.8 Å². The van der Waals surface area contributed by atoms with Gasteiger partial charge in [-0.3, -0.25) is 0 Å². The first-order chi connectivity index (χ1) is 11.8. The van der Waals surface area contributed by atoms with E-state index in [2.05, 4.69) is 35.8 Å². The minimum Gasteiger partial charge on any atom is -0.444 e. The molecule has 4 heteroatoms. The second-order valence-electron chi connectivity index (χ2n) is 8.60. The first kappa shape index (κ1) is 18.2. The fourth-order valence-corrected chi connectivity index (χ4v) is 3.65. The Hall–Kier alpha value is -1.55. The Balaban J connectivity index is 1.55. The van der Waals surface area contributed by atoms with Gasteiger partial charge < -0.3 is 15.4 Å². The first-order valence-corrected chi connectivity index (χ1v) is 9.66. The molecule has 1 saturated carbocycles. The van der Waals surface area contributed by atoms with Gasteiger partial charge in [0.1, 0.15) is 5.60 Å². The van der Waals surface area contributed by atoms with E-state index >= 15 is 0 Å². The molecule has 1 amide bonds. The number of hydrogen-bond donors (Lipinski definition) is 2. The summed E-state index contributed by atoms with van der Waals surface area (Å²) >= 11 is 0. The summed E-state index contributed by atoms with van der Waals surface area (Å²) in [6, 6.07) is 7.51. The Morgan fingerprint density at radius 2 is 1.96 bits per heavy atom. The predicted molar refractivity (Wildman–Crippen MR) is 101 cm³/mol. The highest BCUT2D eigenvalue weighted by atomic mass is 16.6. The molecule has 0 bridgehead atoms. The maximum Gasteiger partial charge on any atom is 0.407 e. The van der Waals surface area contributed by atoms with E-state index in [1.165, 1.54) is 48.8 Å². The summed E-state index contributed by atoms with van der Waals surface area (Å²) in [5.41, 5.74) is 3.93. The summed E-state index contributed by atoms with van der Waals surface area (Å²) in [4.78, 5) is 11.9. The Bertz CT molecular complexity index is 617. The minimum atomic E-state index is -0.454. The zero-order valence-corrected chi connectivity index (χ0v) is 16.0. The van der Waals surface area contributed by atoms with Crippen LogP contribution in [0, 0.1) is 5.92 Å². The molecule has 0 spiro atoms. The Kier molecular flexibility index (Phi) is 5.38. The molecule has 0 aromatic heterocycles. The van der Waals surface area contributed by atoms with Crippen LogP contribution in [0.15, 0.2) is 18.2 Å². The fraction of sp³-hybridized carbons (Fsp3) is 0.667. The van der Waals surface area contributed by atoms with Crippen LogP contribution in [0.25, 0.3) is 0 Å². The van der Waals surface area contributed by atoms with E-state index < -0.39 is 5.60 Å². The lowest BCUT2D eigenvalue weighted by atomic mass is 10.0. The molecule has 1 aromatic rings. The molecule has 138 valence electrons. The van der Waals surface area contributed by atoms with E-state index in [-0.39, 0.29) is 12.1 Å². The second kappa shape index (κ2) is 7.36. The predicted octanol–water partition coefficient (Wildman–Crippen LogP) is 4.13. The van der Waals surface area contributed by atoms with E-state index in [0.717, 1.165) is 0 Å². The van der Waals surface area contributed by atoms with Crippen molar-refractivity contribution in [2.45, 2.75) is 77.5 Å². The number of hydrogen-bond acceptors (Lipinski definition) is 3. The Morgan fingerprint density at radius 3 is 2.64 bits per heavy atom. The summed E-state index contributed by atoms with van der Waals surface area (Å²) in [6.07, 6.45) is 5.87. The van der Waals surface area contributed by atoms with Gasteiger partial charge in [0.05, 0.1) is 0 Å². The van der Waals surface area contributed by atoms with Gasteiger partial charge in [-0.1, -0.05) is 18.2 Å². The molecule has 25 heavy (non-hydrogen) atoms. The van der Waals surface area contributed by atoms with Crippen LogP contribution in [0.5, 0.6) is 0 Å². The van der Waals surface area contributed by atoms with Crippen LogP contribution in [-0.4, -0.2) is 24.3 Å². The number of rotatable bonds is 6. The van der Waals surface area contributed by atoms with Crippen LogP contribution in [-0.2, 0) is 17.6 Å². The lowest BCUT2D eigenvalue weighted by Crippen LogP contribution is -2.44. The van der Waals surface area contributed by atoms with E-state index in [1.54, 1.807) is 0 Å². The lowest BCUT2D eigenvalue weighted by molar-refractivity contribution is 0.0520. The van der Waals surface area contributed by atoms with Crippen molar-refractivity contribution in [2.75, 3.05) is 6.54 Å². The Labute approximate surface area is 151 Å². The van der Waals surface area contributed by atoms with Crippen molar-refractivity contribution >= 4 is 6.09 Å². The van der Waals surface area contributed by atoms with Gasteiger partial charge in [0.15, 0.2) is 0 Å². The number of alkyl carbamates (subject to hydrolysis) is 1. The summed E-state index contributed by atoms with van der Waals surface area (Å²) in [7, 11) is 0. The maximum absolute atomic E-state index is 11.9. The van der Waals surface area contributed by atoms with Gasteiger partial charge in [-0.15, -0.1) is 0 Å². The fourth-order valence-electron chi connectivity index (χ4n) is 3.65. The summed E-state index contributed by atoms with van der Waals surface area (Å²) < 4.78 is 5.35. The zero-order valence-electron chi connectivity index (χ0n) is 16.0. The molecule has 4 nitrogen and oxygen atoms in total. The van der Waals surface area contributed by atoms with Crippen LogP contribution >= 0.6 is 0 Å². The van der Waals surface area contributed by atoms with Crippen molar-refractivity contribution in [1.29, 1.82) is 0 Å². The number of fused-ring (bicyclic) bond motifs is 1. The van der Waals surface area contributed by atoms with Crippen LogP contribution in [0.1, 0.15) is 69.7 Å². The smallest absolute Gasteiger partial charge is 0.407 e. The van der Waals surface area contributed by atoms with Crippen molar-refractivity contribution in [3.8, 4) is 0 Å². The average molecular weight is 344 g/mol. The monoisotopic (exact) mass is 344 g/mol. The van der Waals surface area contributed by atoms with Gasteiger partial charge in [0.25, 0.3) is 0 Å². The topological polar surface area (TPSA) is 50.4 Å². The standard InChI is InChI=1S/C21H32N2O2/c1-14(17-11-8-15-6-5-7-18(15)12-17)23-19(16-9-10-16)13-22-20(24)25-21(2,3)4/h8,11-12,14,16,19,23H,5-7,9-10,13H2,1-4H3,(H,22,24). The normalized spacial score (nSPS) is 19.2. The van der Waals surface area contributed by atoms with Gasteiger partial charge in [0, 0.05) is 18.6 Å². The van der Waals surface area contributed by atoms with E-state index in [9.17, 15) is 4.79 Å². The first-order valence-electron chi connectivity index (χ1n) is 9.66. The molecule has 2 N–H and O–H groups in total. The molecule has 1 aromatic carbocycles. The molecule has 0 aliphatic heterocycles. The highest BCUT2D eigenvalue weighted by molar-refractivity contribution is 5.67. The number of carbonyl (C=O) groups excluding carboxylic acids is 1. The van der Waals surface area contributed by atoms with Gasteiger partial charge in [-0.05, 0) is 82.4 Å². The van der Waals surface area contributed by atoms with Gasteiger partial charge in [-0.2, -0.15) is 0 Å². The molecule has 2 aliphatic rings. The van der Waals surface area contributed by atoms with Crippen molar-refractivity contribution in [3.05, 3.63) is 34.9 Å². The Morgan fingerprint density at radius 1 is 1.24 bits per heavy atom. The number of amides is 1. The summed E-state index contributed by atoms with van der Waals surface area (Å²) in [5, 5.41) is 6.67. The van der Waals surface area contributed by atoms with Crippen molar-refractivity contribution in [2.24, 2.45) is 5.92 Å². The third-order valence-electron chi connectivity index (χ3n) is 5.14. The molecular weight excluding hydrogens is 312 g/mol. The number of benzene rings is 1. The number of aryl methyl sites for hydroxylation is 2. The summed E-state index contributed by atoms with van der Waals surface area (Å²) in [6.45, 7) is 8.51. The molecule has 0 heterocycles. The average Bonchev–Trinajstić information content (AvgIpc) is 3.26. The SMILES string of the molecule is CC(NC(CNC(=O)OC(C)(C)C)C1CC1)c1ccc2c(c1)CCC2. The number of ether oxygens (including phenoxy) is 1. The highest BCUT2D eigenvalue weighted by Gasteiger charge is 2.32. The number of carbonyl (C=O) groups is 1. The second-order valence-corrected chi connectivity index (χ2v) is 8.60. The van der Waals surface area contributed by atoms with Gasteiger partial charge in [0.2, 0.25) is 0 Å². The largest absolute Gasteiger partial charge is 0.444 e. The van der Waals surface area contributed by atoms with E-state index in [0.29, 0.717) is 18.5 Å². The van der Waals surface area contributed by atoms with E-state index in [4.69, 9.17) is 4.74 Å². The molecule has 1 fully saturated rings. The maximum atomic E-state index is 11.9.